The maximum atomic E-state index is 12.7. The van der Waals surface area contributed by atoms with Crippen molar-refractivity contribution in [2.24, 2.45) is 0 Å². The number of hydrogen-bond donors (Lipinski definition) is 2. The normalized spacial score (nSPS) is 11.0. The van der Waals surface area contributed by atoms with Crippen molar-refractivity contribution in [2.75, 3.05) is 10.0 Å². The van der Waals surface area contributed by atoms with Crippen LogP contribution in [0, 0.1) is 13.8 Å². The molecule has 0 saturated heterocycles. The molecule has 0 aliphatic carbocycles. The van der Waals surface area contributed by atoms with Crippen molar-refractivity contribution in [1.82, 2.24) is 0 Å². The van der Waals surface area contributed by atoms with Crippen LogP contribution in [0.2, 0.25) is 0 Å². The van der Waals surface area contributed by atoms with Crippen LogP contribution in [0.25, 0.3) is 0 Å². The van der Waals surface area contributed by atoms with Gasteiger partial charge in [-0.2, -0.15) is 0 Å². The first kappa shape index (κ1) is 18.7. The van der Waals surface area contributed by atoms with E-state index in [9.17, 15) is 13.2 Å². The van der Waals surface area contributed by atoms with Gasteiger partial charge in [-0.3, -0.25) is 9.52 Å². The highest BCUT2D eigenvalue weighted by molar-refractivity contribution is 7.92. The summed E-state index contributed by atoms with van der Waals surface area (Å²) in [5.74, 6) is -0.355. The Balaban J connectivity index is 1.89. The van der Waals surface area contributed by atoms with Crippen LogP contribution in [0.5, 0.6) is 0 Å². The Kier molecular flexibility index (Phi) is 5.28. The fourth-order valence-corrected chi connectivity index (χ4v) is 3.73. The molecule has 0 aromatic heterocycles. The van der Waals surface area contributed by atoms with Gasteiger partial charge >= 0.3 is 0 Å². The Morgan fingerprint density at radius 1 is 0.815 bits per heavy atom. The van der Waals surface area contributed by atoms with Gasteiger partial charge in [0.1, 0.15) is 0 Å². The molecule has 3 aromatic rings. The maximum absolute atomic E-state index is 12.7. The van der Waals surface area contributed by atoms with Gasteiger partial charge in [0.25, 0.3) is 15.9 Å². The smallest absolute Gasteiger partial charge is 0.261 e. The molecule has 0 atom stereocenters. The van der Waals surface area contributed by atoms with Crippen LogP contribution >= 0.6 is 0 Å². The van der Waals surface area contributed by atoms with Crippen LogP contribution < -0.4 is 10.0 Å². The minimum Gasteiger partial charge on any atom is -0.322 e. The summed E-state index contributed by atoms with van der Waals surface area (Å²) in [4.78, 5) is 12.6. The van der Waals surface area contributed by atoms with E-state index in [0.717, 1.165) is 5.56 Å². The molecule has 3 rings (SSSR count). The summed E-state index contributed by atoms with van der Waals surface area (Å²) in [6, 6.07) is 20.6. The van der Waals surface area contributed by atoms with Crippen molar-refractivity contribution in [2.45, 2.75) is 18.7 Å². The van der Waals surface area contributed by atoms with E-state index in [4.69, 9.17) is 0 Å². The van der Waals surface area contributed by atoms with Gasteiger partial charge in [-0.25, -0.2) is 8.42 Å². The molecule has 1 amide bonds. The third-order valence-corrected chi connectivity index (χ3v) is 5.44. The molecule has 0 radical (unpaired) electrons. The minimum absolute atomic E-state index is 0.0350. The number of nitrogens with one attached hydrogen (secondary N) is 2. The standard InChI is InChI=1S/C21H20N2O3S/c1-15-7-6-10-18(13-15)23-27(25,26)19-12-11-16(2)20(14-19)21(24)22-17-8-4-3-5-9-17/h3-14,23H,1-2H3,(H,22,24). The number of hydrogen-bond acceptors (Lipinski definition) is 3. The van der Waals surface area contributed by atoms with Crippen LogP contribution in [0.15, 0.2) is 77.7 Å². The van der Waals surface area contributed by atoms with E-state index in [1.165, 1.54) is 12.1 Å². The van der Waals surface area contributed by atoms with E-state index in [-0.39, 0.29) is 10.8 Å². The van der Waals surface area contributed by atoms with Crippen LogP contribution in [-0.2, 0) is 10.0 Å². The molecular weight excluding hydrogens is 360 g/mol. The molecule has 0 unspecified atom stereocenters. The molecule has 5 nitrogen and oxygen atoms in total. The van der Waals surface area contributed by atoms with Gasteiger partial charge in [0.2, 0.25) is 0 Å². The molecule has 0 aliphatic heterocycles. The molecule has 0 heterocycles. The van der Waals surface area contributed by atoms with Crippen molar-refractivity contribution >= 4 is 27.3 Å². The number of para-hydroxylation sites is 1. The summed E-state index contributed by atoms with van der Waals surface area (Å²) in [6.07, 6.45) is 0. The zero-order valence-electron chi connectivity index (χ0n) is 15.1. The lowest BCUT2D eigenvalue weighted by molar-refractivity contribution is 0.102. The Morgan fingerprint density at radius 3 is 2.22 bits per heavy atom. The average molecular weight is 380 g/mol. The van der Waals surface area contributed by atoms with Gasteiger partial charge in [0.15, 0.2) is 0 Å². The third kappa shape index (κ3) is 4.54. The third-order valence-electron chi connectivity index (χ3n) is 4.07. The molecule has 0 bridgehead atoms. The Labute approximate surface area is 159 Å². The Bertz CT molecular complexity index is 1080. The summed E-state index contributed by atoms with van der Waals surface area (Å²) in [5, 5.41) is 2.78. The molecule has 3 aromatic carbocycles. The predicted octanol–water partition coefficient (Wildman–Crippen LogP) is 4.36. The average Bonchev–Trinajstić information content (AvgIpc) is 2.62. The van der Waals surface area contributed by atoms with E-state index >= 15 is 0 Å². The molecule has 0 spiro atoms. The second-order valence-corrected chi connectivity index (χ2v) is 7.95. The van der Waals surface area contributed by atoms with Crippen molar-refractivity contribution in [3.63, 3.8) is 0 Å². The second kappa shape index (κ2) is 7.63. The second-order valence-electron chi connectivity index (χ2n) is 6.27. The number of carbonyl (C=O) groups excluding carboxylic acids is 1. The van der Waals surface area contributed by atoms with Crippen molar-refractivity contribution in [3.8, 4) is 0 Å². The molecule has 6 heteroatoms. The number of sulfonamides is 1. The quantitative estimate of drug-likeness (QED) is 0.691. The maximum Gasteiger partial charge on any atom is 0.261 e. The monoisotopic (exact) mass is 380 g/mol. The molecule has 0 fully saturated rings. The first-order valence-electron chi connectivity index (χ1n) is 8.42. The van der Waals surface area contributed by atoms with Crippen molar-refractivity contribution in [1.29, 1.82) is 0 Å². The highest BCUT2D eigenvalue weighted by Gasteiger charge is 2.18. The molecular formula is C21H20N2O3S. The molecule has 2 N–H and O–H groups in total. The lowest BCUT2D eigenvalue weighted by Crippen LogP contribution is -2.17. The minimum atomic E-state index is -3.81. The zero-order chi connectivity index (χ0) is 19.4. The topological polar surface area (TPSA) is 75.3 Å². The molecule has 138 valence electrons. The number of anilines is 2. The van der Waals surface area contributed by atoms with E-state index in [1.807, 2.05) is 31.2 Å². The van der Waals surface area contributed by atoms with E-state index in [0.29, 0.717) is 22.5 Å². The summed E-state index contributed by atoms with van der Waals surface area (Å²) in [5.41, 5.74) is 3.07. The van der Waals surface area contributed by atoms with Gasteiger partial charge in [-0.1, -0.05) is 36.4 Å². The largest absolute Gasteiger partial charge is 0.322 e. The summed E-state index contributed by atoms with van der Waals surface area (Å²) < 4.78 is 28.0. The van der Waals surface area contributed by atoms with Crippen LogP contribution in [0.1, 0.15) is 21.5 Å². The van der Waals surface area contributed by atoms with Crippen LogP contribution in [0.4, 0.5) is 11.4 Å². The first-order chi connectivity index (χ1) is 12.8. The SMILES string of the molecule is Cc1cccc(NS(=O)(=O)c2ccc(C)c(C(=O)Nc3ccccc3)c2)c1. The van der Waals surface area contributed by atoms with E-state index < -0.39 is 10.0 Å². The van der Waals surface area contributed by atoms with Crippen molar-refractivity contribution in [3.05, 3.63) is 89.5 Å². The molecule has 0 saturated carbocycles. The van der Waals surface area contributed by atoms with Gasteiger partial charge in [-0.15, -0.1) is 0 Å². The Hall–Kier alpha value is -3.12. The first-order valence-corrected chi connectivity index (χ1v) is 9.90. The number of amides is 1. The fourth-order valence-electron chi connectivity index (χ4n) is 2.66. The van der Waals surface area contributed by atoms with Crippen LogP contribution in [-0.4, -0.2) is 14.3 Å². The zero-order valence-corrected chi connectivity index (χ0v) is 15.9. The highest BCUT2D eigenvalue weighted by atomic mass is 32.2. The number of benzene rings is 3. The number of rotatable bonds is 5. The number of aryl methyl sites for hydroxylation is 2. The summed E-state index contributed by atoms with van der Waals surface area (Å²) in [6.45, 7) is 3.65. The highest BCUT2D eigenvalue weighted by Crippen LogP contribution is 2.21. The molecule has 0 aliphatic rings. The van der Waals surface area contributed by atoms with Gasteiger partial charge < -0.3 is 5.32 Å². The lowest BCUT2D eigenvalue weighted by atomic mass is 10.1. The Morgan fingerprint density at radius 2 is 1.52 bits per heavy atom. The van der Waals surface area contributed by atoms with Gasteiger partial charge in [-0.05, 0) is 61.4 Å². The predicted molar refractivity (Wildman–Crippen MR) is 108 cm³/mol. The van der Waals surface area contributed by atoms with Gasteiger partial charge in [0, 0.05) is 16.9 Å². The fraction of sp³-hybridized carbons (Fsp3) is 0.0952. The van der Waals surface area contributed by atoms with Crippen LogP contribution in [0.3, 0.4) is 0 Å². The van der Waals surface area contributed by atoms with Crippen molar-refractivity contribution < 1.29 is 13.2 Å². The lowest BCUT2D eigenvalue weighted by Gasteiger charge is -2.12. The van der Waals surface area contributed by atoms with E-state index in [1.54, 1.807) is 43.3 Å². The number of carbonyl (C=O) groups is 1. The molecule has 27 heavy (non-hydrogen) atoms. The van der Waals surface area contributed by atoms with E-state index in [2.05, 4.69) is 10.0 Å². The summed E-state index contributed by atoms with van der Waals surface area (Å²) in [7, 11) is -3.81. The summed E-state index contributed by atoms with van der Waals surface area (Å²) >= 11 is 0. The van der Waals surface area contributed by atoms with Gasteiger partial charge in [0.05, 0.1) is 4.90 Å².